The summed E-state index contributed by atoms with van der Waals surface area (Å²) in [6.07, 6.45) is 0.561. The zero-order valence-corrected chi connectivity index (χ0v) is 13.7. The van der Waals surface area contributed by atoms with Crippen molar-refractivity contribution in [2.45, 2.75) is 38.7 Å². The Hall–Kier alpha value is -1.23. The number of carbonyl (C=O) groups is 1. The minimum Gasteiger partial charge on any atom is -0.496 e. The lowest BCUT2D eigenvalue weighted by Gasteiger charge is -2.37. The van der Waals surface area contributed by atoms with Crippen molar-refractivity contribution in [2.75, 3.05) is 13.7 Å². The van der Waals surface area contributed by atoms with Crippen molar-refractivity contribution >= 4 is 21.9 Å². The fraction of sp³-hybridized carbons (Fsp3) is 0.533. The molecule has 0 saturated carbocycles. The lowest BCUT2D eigenvalue weighted by Crippen LogP contribution is -2.38. The van der Waals surface area contributed by atoms with Crippen LogP contribution in [0.3, 0.4) is 0 Å². The lowest BCUT2D eigenvalue weighted by atomic mass is 9.84. The van der Waals surface area contributed by atoms with Gasteiger partial charge in [0.2, 0.25) is 0 Å². The monoisotopic (exact) mass is 342 g/mol. The molecule has 2 rings (SSSR count). The highest BCUT2D eigenvalue weighted by Crippen LogP contribution is 2.49. The number of esters is 1. The van der Waals surface area contributed by atoms with Gasteiger partial charge in [0.25, 0.3) is 0 Å². The number of carbonyl (C=O) groups excluding carboxylic acids is 1. The molecule has 110 valence electrons. The van der Waals surface area contributed by atoms with Crippen molar-refractivity contribution in [1.29, 1.82) is 0 Å². The summed E-state index contributed by atoms with van der Waals surface area (Å²) in [6.45, 7) is 6.10. The predicted molar refractivity (Wildman–Crippen MR) is 79.4 cm³/mol. The maximum absolute atomic E-state index is 12.3. The van der Waals surface area contributed by atoms with Crippen molar-refractivity contribution in [3.8, 4) is 11.5 Å². The molecule has 1 aromatic carbocycles. The number of halogens is 1. The van der Waals surface area contributed by atoms with Crippen LogP contribution in [0, 0.1) is 0 Å². The highest BCUT2D eigenvalue weighted by atomic mass is 79.9. The first-order chi connectivity index (χ1) is 9.39. The van der Waals surface area contributed by atoms with E-state index in [9.17, 15) is 4.79 Å². The maximum atomic E-state index is 12.3. The van der Waals surface area contributed by atoms with E-state index in [1.807, 2.05) is 26.0 Å². The van der Waals surface area contributed by atoms with Crippen LogP contribution < -0.4 is 9.47 Å². The van der Waals surface area contributed by atoms with Gasteiger partial charge < -0.3 is 14.2 Å². The third-order valence-corrected chi connectivity index (χ3v) is 3.95. The summed E-state index contributed by atoms with van der Waals surface area (Å²) in [7, 11) is 1.59. The van der Waals surface area contributed by atoms with Crippen molar-refractivity contribution in [1.82, 2.24) is 0 Å². The summed E-state index contributed by atoms with van der Waals surface area (Å²) >= 11 is 3.48. The van der Waals surface area contributed by atoms with Crippen molar-refractivity contribution in [3.63, 3.8) is 0 Å². The number of benzene rings is 1. The molecule has 0 N–H and O–H groups in total. The summed E-state index contributed by atoms with van der Waals surface area (Å²) in [6, 6.07) is 3.69. The average Bonchev–Trinajstić information content (AvgIpc) is 2.38. The van der Waals surface area contributed by atoms with Crippen LogP contribution in [-0.2, 0) is 9.53 Å². The van der Waals surface area contributed by atoms with E-state index in [-0.39, 0.29) is 11.9 Å². The normalized spacial score (nSPS) is 19.8. The molecule has 1 atom stereocenters. The number of ether oxygens (including phenoxy) is 3. The van der Waals surface area contributed by atoms with Crippen LogP contribution in [0.25, 0.3) is 0 Å². The highest BCUT2D eigenvalue weighted by Gasteiger charge is 2.41. The molecule has 1 aliphatic heterocycles. The molecule has 0 saturated heterocycles. The Morgan fingerprint density at radius 3 is 2.80 bits per heavy atom. The topological polar surface area (TPSA) is 44.8 Å². The smallest absolute Gasteiger partial charge is 0.313 e. The van der Waals surface area contributed by atoms with Crippen molar-refractivity contribution in [2.24, 2.45) is 0 Å². The fourth-order valence-electron chi connectivity index (χ4n) is 2.52. The van der Waals surface area contributed by atoms with E-state index < -0.39 is 5.60 Å². The van der Waals surface area contributed by atoms with Crippen LogP contribution >= 0.6 is 15.9 Å². The molecular weight excluding hydrogens is 324 g/mol. The van der Waals surface area contributed by atoms with Gasteiger partial charge in [0.15, 0.2) is 0 Å². The number of hydrogen-bond donors (Lipinski definition) is 0. The Balaban J connectivity index is 2.56. The standard InChI is InChI=1S/C15H19BrO4/c1-5-19-14(17)9-8-15(2,3)20-13-10(16)6-7-11(18-4)12(9)13/h6-7,9H,5,8H2,1-4H3. The number of rotatable bonds is 3. The van der Waals surface area contributed by atoms with Crippen LogP contribution in [0.4, 0.5) is 0 Å². The van der Waals surface area contributed by atoms with Gasteiger partial charge in [-0.1, -0.05) is 0 Å². The number of fused-ring (bicyclic) bond motifs is 1. The van der Waals surface area contributed by atoms with Gasteiger partial charge in [-0.3, -0.25) is 4.79 Å². The van der Waals surface area contributed by atoms with E-state index in [4.69, 9.17) is 14.2 Å². The second-order valence-corrected chi connectivity index (χ2v) is 6.22. The number of hydrogen-bond acceptors (Lipinski definition) is 4. The fourth-order valence-corrected chi connectivity index (χ4v) is 2.95. The van der Waals surface area contributed by atoms with Gasteiger partial charge >= 0.3 is 5.97 Å². The van der Waals surface area contributed by atoms with E-state index in [0.717, 1.165) is 10.0 Å². The molecule has 0 amide bonds. The van der Waals surface area contributed by atoms with Crippen LogP contribution in [0.1, 0.15) is 38.7 Å². The van der Waals surface area contributed by atoms with Gasteiger partial charge in [0, 0.05) is 6.42 Å². The van der Waals surface area contributed by atoms with E-state index in [1.165, 1.54) is 0 Å². The van der Waals surface area contributed by atoms with E-state index in [0.29, 0.717) is 24.5 Å². The molecular formula is C15H19BrO4. The van der Waals surface area contributed by atoms with Gasteiger partial charge in [-0.15, -0.1) is 0 Å². The molecule has 0 bridgehead atoms. The third kappa shape index (κ3) is 2.77. The molecule has 1 unspecified atom stereocenters. The van der Waals surface area contributed by atoms with Crippen molar-refractivity contribution < 1.29 is 19.0 Å². The minimum absolute atomic E-state index is 0.235. The Morgan fingerprint density at radius 1 is 1.50 bits per heavy atom. The Morgan fingerprint density at radius 2 is 2.20 bits per heavy atom. The Bertz CT molecular complexity index is 525. The SMILES string of the molecule is CCOC(=O)C1CC(C)(C)Oc2c(Br)ccc(OC)c21. The molecule has 0 radical (unpaired) electrons. The summed E-state index contributed by atoms with van der Waals surface area (Å²) in [5, 5.41) is 0. The summed E-state index contributed by atoms with van der Waals surface area (Å²) < 4.78 is 17.4. The molecule has 5 heteroatoms. The van der Waals surface area contributed by atoms with Gasteiger partial charge in [0.05, 0.1) is 29.7 Å². The van der Waals surface area contributed by atoms with Crippen LogP contribution in [0.2, 0.25) is 0 Å². The summed E-state index contributed by atoms with van der Waals surface area (Å²) in [4.78, 5) is 12.3. The maximum Gasteiger partial charge on any atom is 0.313 e. The molecule has 0 fully saturated rings. The Kier molecular flexibility index (Phi) is 4.28. The summed E-state index contributed by atoms with van der Waals surface area (Å²) in [5.74, 6) is 0.707. The predicted octanol–water partition coefficient (Wildman–Crippen LogP) is 3.67. The van der Waals surface area contributed by atoms with Gasteiger partial charge in [-0.05, 0) is 48.8 Å². The second-order valence-electron chi connectivity index (χ2n) is 5.36. The molecule has 1 aromatic rings. The van der Waals surface area contributed by atoms with Crippen molar-refractivity contribution in [3.05, 3.63) is 22.2 Å². The molecule has 1 aliphatic rings. The largest absolute Gasteiger partial charge is 0.496 e. The first-order valence-corrected chi connectivity index (χ1v) is 7.41. The van der Waals surface area contributed by atoms with Crippen LogP contribution in [-0.4, -0.2) is 25.3 Å². The molecule has 4 nitrogen and oxygen atoms in total. The van der Waals surface area contributed by atoms with E-state index in [2.05, 4.69) is 15.9 Å². The van der Waals surface area contributed by atoms with Gasteiger partial charge in [0.1, 0.15) is 17.1 Å². The molecule has 0 aromatic heterocycles. The quantitative estimate of drug-likeness (QED) is 0.786. The first-order valence-electron chi connectivity index (χ1n) is 6.61. The lowest BCUT2D eigenvalue weighted by molar-refractivity contribution is -0.147. The molecule has 1 heterocycles. The van der Waals surface area contributed by atoms with Crippen LogP contribution in [0.5, 0.6) is 11.5 Å². The molecule has 0 aliphatic carbocycles. The molecule has 20 heavy (non-hydrogen) atoms. The van der Waals surface area contributed by atoms with E-state index in [1.54, 1.807) is 14.0 Å². The summed E-state index contributed by atoms with van der Waals surface area (Å²) in [5.41, 5.74) is 0.332. The third-order valence-electron chi connectivity index (χ3n) is 3.32. The van der Waals surface area contributed by atoms with Gasteiger partial charge in [-0.25, -0.2) is 0 Å². The van der Waals surface area contributed by atoms with E-state index >= 15 is 0 Å². The van der Waals surface area contributed by atoms with Gasteiger partial charge in [-0.2, -0.15) is 0 Å². The minimum atomic E-state index is -0.431. The second kappa shape index (κ2) is 5.64. The Labute approximate surface area is 127 Å². The van der Waals surface area contributed by atoms with Crippen LogP contribution in [0.15, 0.2) is 16.6 Å². The number of methoxy groups -OCH3 is 1. The average molecular weight is 343 g/mol. The molecule has 0 spiro atoms. The first kappa shape index (κ1) is 15.2. The zero-order chi connectivity index (χ0) is 14.9. The zero-order valence-electron chi connectivity index (χ0n) is 12.2. The highest BCUT2D eigenvalue weighted by molar-refractivity contribution is 9.10.